The molecule has 4 aromatic rings. The van der Waals surface area contributed by atoms with Crippen molar-refractivity contribution in [3.63, 3.8) is 0 Å². The summed E-state index contributed by atoms with van der Waals surface area (Å²) in [7, 11) is 0. The molecule has 0 radical (unpaired) electrons. The average Bonchev–Trinajstić information content (AvgIpc) is 3.11. The number of anilines is 1. The number of hydrogen-bond acceptors (Lipinski definition) is 6. The van der Waals surface area contributed by atoms with Crippen LogP contribution in [-0.2, 0) is 0 Å². The van der Waals surface area contributed by atoms with E-state index in [1.165, 1.54) is 12.3 Å². The number of aromatic nitrogens is 2. The predicted molar refractivity (Wildman–Crippen MR) is 117 cm³/mol. The molecule has 0 atom stereocenters. The third kappa shape index (κ3) is 4.25. The number of thiocarbonyl (C=S) groups is 1. The van der Waals surface area contributed by atoms with Crippen molar-refractivity contribution < 1.29 is 14.3 Å². The Morgan fingerprint density at radius 1 is 1.14 bits per heavy atom. The number of nitrogens with one attached hydrogen (secondary N) is 2. The molecule has 0 bridgehead atoms. The molecule has 0 aliphatic rings. The van der Waals surface area contributed by atoms with Crippen LogP contribution in [0.4, 0.5) is 5.69 Å². The van der Waals surface area contributed by atoms with Gasteiger partial charge >= 0.3 is 0 Å². The summed E-state index contributed by atoms with van der Waals surface area (Å²) in [6, 6.07) is 13.8. The largest absolute Gasteiger partial charge is 0.507 e. The Morgan fingerprint density at radius 3 is 2.72 bits per heavy atom. The third-order valence-corrected chi connectivity index (χ3v) is 4.61. The van der Waals surface area contributed by atoms with Crippen molar-refractivity contribution in [2.75, 3.05) is 5.32 Å². The fourth-order valence-electron chi connectivity index (χ4n) is 2.65. The van der Waals surface area contributed by atoms with Crippen LogP contribution in [0.25, 0.3) is 22.6 Å². The van der Waals surface area contributed by atoms with Crippen molar-refractivity contribution >= 4 is 56.0 Å². The monoisotopic (exact) mass is 468 g/mol. The lowest BCUT2D eigenvalue weighted by atomic mass is 10.2. The number of halogens is 1. The van der Waals surface area contributed by atoms with Gasteiger partial charge in [0.1, 0.15) is 11.3 Å². The number of nitrogens with zero attached hydrogens (tertiary/aromatic N) is 2. The molecule has 2 heterocycles. The number of aromatic hydroxyl groups is 1. The van der Waals surface area contributed by atoms with E-state index < -0.39 is 5.91 Å². The number of pyridine rings is 1. The number of carbonyl (C=O) groups is 1. The molecule has 29 heavy (non-hydrogen) atoms. The van der Waals surface area contributed by atoms with Gasteiger partial charge in [0, 0.05) is 28.6 Å². The van der Waals surface area contributed by atoms with E-state index in [0.29, 0.717) is 38.3 Å². The van der Waals surface area contributed by atoms with Crippen LogP contribution in [0.15, 0.2) is 69.8 Å². The highest BCUT2D eigenvalue weighted by Crippen LogP contribution is 2.33. The second-order valence-corrected chi connectivity index (χ2v) is 7.34. The number of para-hydroxylation sites is 2. The molecule has 2 aromatic carbocycles. The van der Waals surface area contributed by atoms with Crippen LogP contribution in [0.2, 0.25) is 0 Å². The van der Waals surface area contributed by atoms with Crippen molar-refractivity contribution in [3.05, 3.63) is 71.0 Å². The standard InChI is InChI=1S/C20H13BrN4O3S/c21-12-7-11(9-22-10-12)18(27)25-20(29)23-13-5-6-14(16(26)8-13)19-24-15-3-1-2-4-17(15)28-19/h1-10,26H,(H2,23,25,27,29). The normalized spacial score (nSPS) is 10.7. The quantitative estimate of drug-likeness (QED) is 0.381. The summed E-state index contributed by atoms with van der Waals surface area (Å²) in [5.74, 6) is -0.122. The van der Waals surface area contributed by atoms with Crippen molar-refractivity contribution in [1.82, 2.24) is 15.3 Å². The van der Waals surface area contributed by atoms with Gasteiger partial charge in [-0.05, 0) is 58.5 Å². The number of phenolic OH excluding ortho intramolecular Hbond substituents is 1. The minimum atomic E-state index is -0.399. The van der Waals surface area contributed by atoms with Crippen LogP contribution in [0.5, 0.6) is 5.75 Å². The molecule has 3 N–H and O–H groups in total. The first-order valence-corrected chi connectivity index (χ1v) is 9.61. The molecule has 144 valence electrons. The van der Waals surface area contributed by atoms with Crippen molar-refractivity contribution in [2.24, 2.45) is 0 Å². The van der Waals surface area contributed by atoms with E-state index in [4.69, 9.17) is 16.6 Å². The SMILES string of the molecule is O=C(NC(=S)Nc1ccc(-c2nc3ccccc3o2)c(O)c1)c1cncc(Br)c1. The van der Waals surface area contributed by atoms with Gasteiger partial charge in [-0.2, -0.15) is 0 Å². The molecular formula is C20H13BrN4O3S. The molecule has 0 spiro atoms. The van der Waals surface area contributed by atoms with Gasteiger partial charge in [0.25, 0.3) is 5.91 Å². The first-order chi connectivity index (χ1) is 14.0. The molecular weight excluding hydrogens is 456 g/mol. The summed E-state index contributed by atoms with van der Waals surface area (Å²) >= 11 is 8.43. The Hall–Kier alpha value is -3.30. The van der Waals surface area contributed by atoms with Gasteiger partial charge in [-0.25, -0.2) is 4.98 Å². The Bertz CT molecular complexity index is 1210. The van der Waals surface area contributed by atoms with Gasteiger partial charge in [0.2, 0.25) is 5.89 Å². The average molecular weight is 469 g/mol. The molecule has 7 nitrogen and oxygen atoms in total. The van der Waals surface area contributed by atoms with Crippen LogP contribution in [0, 0.1) is 0 Å². The lowest BCUT2D eigenvalue weighted by molar-refractivity contribution is 0.0977. The van der Waals surface area contributed by atoms with Gasteiger partial charge in [0.05, 0.1) is 11.1 Å². The zero-order valence-corrected chi connectivity index (χ0v) is 17.1. The highest BCUT2D eigenvalue weighted by Gasteiger charge is 2.14. The van der Waals surface area contributed by atoms with Gasteiger partial charge in [-0.15, -0.1) is 0 Å². The topological polar surface area (TPSA) is 100 Å². The van der Waals surface area contributed by atoms with Gasteiger partial charge in [-0.1, -0.05) is 12.1 Å². The molecule has 4 rings (SSSR count). The molecule has 2 aromatic heterocycles. The number of amides is 1. The zero-order valence-electron chi connectivity index (χ0n) is 14.7. The molecule has 0 saturated heterocycles. The predicted octanol–water partition coefficient (Wildman–Crippen LogP) is 4.48. The molecule has 0 aliphatic heterocycles. The number of oxazole rings is 1. The maximum Gasteiger partial charge on any atom is 0.259 e. The highest BCUT2D eigenvalue weighted by atomic mass is 79.9. The van der Waals surface area contributed by atoms with Crippen molar-refractivity contribution in [1.29, 1.82) is 0 Å². The van der Waals surface area contributed by atoms with E-state index in [2.05, 4.69) is 36.5 Å². The number of rotatable bonds is 3. The molecule has 1 amide bonds. The summed E-state index contributed by atoms with van der Waals surface area (Å²) in [6.07, 6.45) is 3.01. The number of phenols is 1. The van der Waals surface area contributed by atoms with Gasteiger partial charge < -0.3 is 14.8 Å². The lowest BCUT2D eigenvalue weighted by Crippen LogP contribution is -2.34. The maximum atomic E-state index is 12.2. The van der Waals surface area contributed by atoms with E-state index >= 15 is 0 Å². The molecule has 9 heteroatoms. The Kier molecular flexibility index (Phi) is 5.24. The Labute approximate surface area is 178 Å². The van der Waals surface area contributed by atoms with Crippen molar-refractivity contribution in [2.45, 2.75) is 0 Å². The minimum absolute atomic E-state index is 0.0353. The van der Waals surface area contributed by atoms with Crippen LogP contribution in [0.1, 0.15) is 10.4 Å². The molecule has 0 fully saturated rings. The van der Waals surface area contributed by atoms with Crippen LogP contribution in [-0.4, -0.2) is 26.1 Å². The van der Waals surface area contributed by atoms with Crippen LogP contribution in [0.3, 0.4) is 0 Å². The number of carbonyl (C=O) groups excluding carboxylic acids is 1. The van der Waals surface area contributed by atoms with Crippen LogP contribution >= 0.6 is 28.1 Å². The number of benzene rings is 2. The zero-order chi connectivity index (χ0) is 20.4. The van der Waals surface area contributed by atoms with Crippen molar-refractivity contribution in [3.8, 4) is 17.2 Å². The van der Waals surface area contributed by atoms with E-state index in [9.17, 15) is 9.90 Å². The van der Waals surface area contributed by atoms with Crippen LogP contribution < -0.4 is 10.6 Å². The minimum Gasteiger partial charge on any atom is -0.507 e. The molecule has 0 unspecified atom stereocenters. The van der Waals surface area contributed by atoms with Gasteiger partial charge in [0.15, 0.2) is 10.7 Å². The van der Waals surface area contributed by atoms with E-state index in [1.807, 2.05) is 18.2 Å². The maximum absolute atomic E-state index is 12.2. The first-order valence-electron chi connectivity index (χ1n) is 8.41. The fourth-order valence-corrected chi connectivity index (χ4v) is 3.23. The van der Waals surface area contributed by atoms with E-state index in [-0.39, 0.29) is 10.9 Å². The summed E-state index contributed by atoms with van der Waals surface area (Å²) in [4.78, 5) is 20.5. The first kappa shape index (κ1) is 19.0. The summed E-state index contributed by atoms with van der Waals surface area (Å²) in [5, 5.41) is 15.9. The smallest absolute Gasteiger partial charge is 0.259 e. The van der Waals surface area contributed by atoms with Gasteiger partial charge in [-0.3, -0.25) is 15.1 Å². The second kappa shape index (κ2) is 7.98. The molecule has 0 aliphatic carbocycles. The number of fused-ring (bicyclic) bond motifs is 1. The highest BCUT2D eigenvalue weighted by molar-refractivity contribution is 9.10. The molecule has 0 saturated carbocycles. The third-order valence-electron chi connectivity index (χ3n) is 3.97. The Balaban J connectivity index is 1.47. The summed E-state index contributed by atoms with van der Waals surface area (Å²) in [5.41, 5.74) is 2.64. The van der Waals surface area contributed by atoms with E-state index in [0.717, 1.165) is 0 Å². The summed E-state index contributed by atoms with van der Waals surface area (Å²) < 4.78 is 6.37. The lowest BCUT2D eigenvalue weighted by Gasteiger charge is -2.10. The number of hydrogen-bond donors (Lipinski definition) is 3. The fraction of sp³-hybridized carbons (Fsp3) is 0. The summed E-state index contributed by atoms with van der Waals surface area (Å²) in [6.45, 7) is 0. The Morgan fingerprint density at radius 2 is 1.97 bits per heavy atom. The van der Waals surface area contributed by atoms with E-state index in [1.54, 1.807) is 30.5 Å². The second-order valence-electron chi connectivity index (χ2n) is 6.02.